The van der Waals surface area contributed by atoms with Gasteiger partial charge in [-0.15, -0.1) is 0 Å². The highest BCUT2D eigenvalue weighted by Gasteiger charge is 2.50. The molecule has 4 N–H and O–H groups in total. The van der Waals surface area contributed by atoms with Crippen LogP contribution in [0.15, 0.2) is 158 Å². The van der Waals surface area contributed by atoms with Gasteiger partial charge < -0.3 is 49.5 Å². The third-order valence-corrected chi connectivity index (χ3v) is 31.6. The van der Waals surface area contributed by atoms with Crippen molar-refractivity contribution in [2.24, 2.45) is 47.3 Å². The number of aliphatic hydroxyl groups is 4. The predicted octanol–water partition coefficient (Wildman–Crippen LogP) is 14.9. The van der Waals surface area contributed by atoms with Crippen LogP contribution in [0.2, 0.25) is 0 Å². The van der Waals surface area contributed by atoms with Crippen molar-refractivity contribution in [3.8, 4) is 11.5 Å². The highest BCUT2D eigenvalue weighted by atomic mass is 16.5. The summed E-state index contributed by atoms with van der Waals surface area (Å²) in [6.07, 6.45) is 19.2. The molecule has 0 unspecified atom stereocenters. The fraction of sp³-hybridized carbons (Fsp3) is 0.455. The number of amides is 12. The van der Waals surface area contributed by atoms with E-state index in [0.717, 1.165) is 146 Å². The first kappa shape index (κ1) is 95.4. The Morgan fingerprint density at radius 1 is 0.287 bits per heavy atom. The number of ether oxygens (including phenoxy) is 2. The van der Waals surface area contributed by atoms with Gasteiger partial charge in [0.05, 0.1) is 136 Å². The van der Waals surface area contributed by atoms with E-state index in [-0.39, 0.29) is 159 Å². The molecule has 8 aliphatic heterocycles. The number of benzene rings is 8. The summed E-state index contributed by atoms with van der Waals surface area (Å²) in [6.45, 7) is 10.3. The predicted molar refractivity (Wildman–Crippen MR) is 507 cm³/mol. The number of rotatable bonds is 18. The Kier molecular flexibility index (Phi) is 29.0. The molecule has 8 heterocycles. The molecule has 12 amide bonds. The van der Waals surface area contributed by atoms with Crippen molar-refractivity contribution in [2.75, 3.05) is 66.6 Å². The number of imide groups is 4. The van der Waals surface area contributed by atoms with Crippen LogP contribution >= 0.6 is 0 Å². The van der Waals surface area contributed by atoms with Crippen LogP contribution in [0.25, 0.3) is 0 Å². The minimum atomic E-state index is -0.499. The molecular formula is C110H124N8O18. The number of carbonyl (C=O) groups is 12. The second kappa shape index (κ2) is 41.3. The number of hydrogen-bond acceptors (Lipinski definition) is 18. The van der Waals surface area contributed by atoms with Crippen LogP contribution in [0.5, 0.6) is 11.5 Å². The molecule has 8 aromatic rings. The summed E-state index contributed by atoms with van der Waals surface area (Å²) in [7, 11) is 3.30. The van der Waals surface area contributed by atoms with Gasteiger partial charge >= 0.3 is 0 Å². The highest BCUT2D eigenvalue weighted by molar-refractivity contribution is 6.24. The van der Waals surface area contributed by atoms with Crippen molar-refractivity contribution in [1.29, 1.82) is 0 Å². The van der Waals surface area contributed by atoms with Crippen molar-refractivity contribution < 1.29 is 87.4 Å². The zero-order valence-corrected chi connectivity index (χ0v) is 78.6. The number of fused-ring (bicyclic) bond motifs is 8. The minimum absolute atomic E-state index is 0.00409. The fourth-order valence-electron chi connectivity index (χ4n) is 23.8. The van der Waals surface area contributed by atoms with E-state index in [0.29, 0.717) is 142 Å². The molecule has 26 heteroatoms. The second-order valence-corrected chi connectivity index (χ2v) is 39.1. The first-order valence-corrected chi connectivity index (χ1v) is 49.0. The average molecular weight is 1850 g/mol. The maximum absolute atomic E-state index is 13.9. The van der Waals surface area contributed by atoms with Crippen molar-refractivity contribution in [2.45, 2.75) is 207 Å². The molecule has 12 aliphatic rings. The number of aliphatic hydroxyl groups excluding tert-OH is 4. The molecule has 136 heavy (non-hydrogen) atoms. The second-order valence-electron chi connectivity index (χ2n) is 39.1. The van der Waals surface area contributed by atoms with Crippen LogP contribution in [-0.4, -0.2) is 197 Å². The fourth-order valence-corrected chi connectivity index (χ4v) is 23.8. The van der Waals surface area contributed by atoms with Gasteiger partial charge in [0.2, 0.25) is 23.6 Å². The monoisotopic (exact) mass is 1840 g/mol. The Balaban J connectivity index is 0.000000126. The zero-order chi connectivity index (χ0) is 95.6. The molecule has 8 aromatic carbocycles. The topological polar surface area (TPSA) is 330 Å². The quantitative estimate of drug-likeness (QED) is 0.0580. The number of carbonyl (C=O) groups excluding carboxylic acids is 12. The Hall–Kier alpha value is -12.4. The highest BCUT2D eigenvalue weighted by Crippen LogP contribution is 2.47. The lowest BCUT2D eigenvalue weighted by Crippen LogP contribution is -2.49. The van der Waals surface area contributed by atoms with Gasteiger partial charge in [-0.05, 0) is 217 Å². The van der Waals surface area contributed by atoms with Crippen LogP contribution in [0.3, 0.4) is 0 Å². The molecule has 0 saturated heterocycles. The molecule has 0 bridgehead atoms. The lowest BCUT2D eigenvalue weighted by molar-refractivity contribution is -0.142. The van der Waals surface area contributed by atoms with Crippen molar-refractivity contribution in [3.05, 3.63) is 269 Å². The molecule has 0 aromatic heterocycles. The largest absolute Gasteiger partial charge is 0.496 e. The van der Waals surface area contributed by atoms with Gasteiger partial charge in [0.25, 0.3) is 47.3 Å². The number of methoxy groups -OCH3 is 2. The SMILES string of the molecule is COc1cccc2c1CCN(C(=O)[C@@H]1CCCC[C@@H]1C)[C@@H]2CN1C(=O)c2ccccc2C1=O.COc1cccc2c1CCN(C(=O)[C@H]1CCCC[C@H]1C)[C@H]2CN1C(=O)c2ccccc2C1=O.C[C@H]1CCCC[C@H]1C(=O)N1CCc2cc(CO)c(CO)cc2[C@@H]1CN1C(=O)c2ccccc2C1=O.C[C@H]1CCCC[C@H]1C(=O)N1CCc2cc(CO)c(CO)cc2[C@H]1CN1C(=O)c2ccccc2C1=O. The van der Waals surface area contributed by atoms with E-state index in [1.807, 2.05) is 80.3 Å². The van der Waals surface area contributed by atoms with E-state index < -0.39 is 12.1 Å². The van der Waals surface area contributed by atoms with Gasteiger partial charge in [-0.3, -0.25) is 77.1 Å². The molecule has 4 saturated carbocycles. The third-order valence-electron chi connectivity index (χ3n) is 31.6. The summed E-state index contributed by atoms with van der Waals surface area (Å²) in [6, 6.07) is 44.9. The molecular weight excluding hydrogens is 1720 g/mol. The molecule has 12 atom stereocenters. The first-order chi connectivity index (χ1) is 65.9. The zero-order valence-electron chi connectivity index (χ0n) is 78.6. The van der Waals surface area contributed by atoms with Crippen molar-refractivity contribution in [1.82, 2.24) is 39.2 Å². The maximum atomic E-state index is 13.9. The average Bonchev–Trinajstić information content (AvgIpc) is 1.03. The smallest absolute Gasteiger partial charge is 0.261 e. The Labute approximate surface area is 794 Å². The third kappa shape index (κ3) is 18.2. The number of nitrogens with zero attached hydrogens (tertiary/aromatic N) is 8. The number of hydrogen-bond donors (Lipinski definition) is 4. The van der Waals surface area contributed by atoms with Crippen LogP contribution in [0, 0.1) is 47.3 Å². The summed E-state index contributed by atoms with van der Waals surface area (Å²) in [5.74, 6) is 0.668. The summed E-state index contributed by atoms with van der Waals surface area (Å²) in [4.78, 5) is 173. The van der Waals surface area contributed by atoms with Crippen LogP contribution in [0.1, 0.15) is 304 Å². The summed E-state index contributed by atoms with van der Waals surface area (Å²) >= 11 is 0. The van der Waals surface area contributed by atoms with Gasteiger partial charge in [-0.1, -0.05) is 176 Å². The van der Waals surface area contributed by atoms with E-state index in [4.69, 9.17) is 9.47 Å². The van der Waals surface area contributed by atoms with Gasteiger partial charge in [0.15, 0.2) is 0 Å². The minimum Gasteiger partial charge on any atom is -0.496 e. The molecule has 0 radical (unpaired) electrons. The van der Waals surface area contributed by atoms with Crippen molar-refractivity contribution >= 4 is 70.9 Å². The summed E-state index contributed by atoms with van der Waals surface area (Å²) in [5.41, 5.74) is 13.5. The standard InChI is InChI=1S/2C28H32N2O5.2C27H30N2O4/c2*1-17-6-2-3-7-21(17)26(33)29-11-10-18-12-19(15-31)20(16-32)13-24(18)25(29)14-30-27(34)22-8-4-5-9-23(22)28(30)35;2*1-17-8-3-4-9-18(17)25(30)28-15-14-20-19(12-7-13-24(20)33-2)23(28)16-29-26(31)21-10-5-6-11-22(21)27(29)32/h2*4-5,8-9,12-13,17,21,25,31-32H,2-3,6-7,10-11,14-16H2,1H3;2*5-7,10-13,17-18,23H,3-4,8-9,14-16H2,1-2H3/t17-,21+,25+;17-,21+,25-;2*17-,18+,23+/m0010/s1. The Bertz CT molecular complexity index is 5510. The molecule has 0 spiro atoms. The summed E-state index contributed by atoms with van der Waals surface area (Å²) < 4.78 is 11.2. The first-order valence-electron chi connectivity index (χ1n) is 49.0. The van der Waals surface area contributed by atoms with E-state index in [2.05, 4.69) is 27.7 Å². The summed E-state index contributed by atoms with van der Waals surface area (Å²) in [5, 5.41) is 39.4. The normalized spacial score (nSPS) is 24.2. The van der Waals surface area contributed by atoms with Gasteiger partial charge in [0.1, 0.15) is 11.5 Å². The van der Waals surface area contributed by atoms with E-state index in [1.54, 1.807) is 111 Å². The molecule has 4 fully saturated rings. The lowest BCUT2D eigenvalue weighted by atomic mass is 9.78. The maximum Gasteiger partial charge on any atom is 0.261 e. The van der Waals surface area contributed by atoms with Gasteiger partial charge in [-0.25, -0.2) is 0 Å². The van der Waals surface area contributed by atoms with Gasteiger partial charge in [0, 0.05) is 61.0 Å². The van der Waals surface area contributed by atoms with Crippen LogP contribution in [-0.2, 0) is 71.3 Å². The lowest BCUT2D eigenvalue weighted by Gasteiger charge is -2.42. The molecule has 20 rings (SSSR count). The molecule has 26 nitrogen and oxygen atoms in total. The van der Waals surface area contributed by atoms with Crippen LogP contribution in [0.4, 0.5) is 0 Å². The van der Waals surface area contributed by atoms with Crippen LogP contribution < -0.4 is 9.47 Å². The van der Waals surface area contributed by atoms with E-state index in [1.165, 1.54) is 32.4 Å². The Morgan fingerprint density at radius 3 is 0.735 bits per heavy atom. The molecule has 712 valence electrons. The van der Waals surface area contributed by atoms with Gasteiger partial charge in [-0.2, -0.15) is 0 Å². The van der Waals surface area contributed by atoms with E-state index >= 15 is 0 Å². The Morgan fingerprint density at radius 2 is 0.507 bits per heavy atom. The molecule has 4 aliphatic carbocycles. The van der Waals surface area contributed by atoms with E-state index in [9.17, 15) is 78.0 Å². The van der Waals surface area contributed by atoms with Crippen molar-refractivity contribution in [3.63, 3.8) is 0 Å².